The number of benzene rings is 1. The molecule has 6 heteroatoms. The molecular formula is C24H26N4O2. The number of carbonyl (C=O) groups is 2. The molecule has 1 N–H and O–H groups in total. The molecule has 1 atom stereocenters. The van der Waals surface area contributed by atoms with Gasteiger partial charge in [0.05, 0.1) is 0 Å². The van der Waals surface area contributed by atoms with Gasteiger partial charge in [0, 0.05) is 43.0 Å². The number of aromatic amines is 1. The number of carbonyl (C=O) groups excluding carboxylic acids is 2. The van der Waals surface area contributed by atoms with Crippen LogP contribution in [0.3, 0.4) is 0 Å². The van der Waals surface area contributed by atoms with E-state index >= 15 is 0 Å². The zero-order valence-electron chi connectivity index (χ0n) is 17.0. The molecule has 0 radical (unpaired) electrons. The third kappa shape index (κ3) is 3.36. The predicted octanol–water partition coefficient (Wildman–Crippen LogP) is 3.57. The highest BCUT2D eigenvalue weighted by Gasteiger charge is 2.38. The molecule has 2 amide bonds. The molecule has 2 aliphatic rings. The second-order valence-electron chi connectivity index (χ2n) is 8.27. The van der Waals surface area contributed by atoms with Crippen molar-refractivity contribution in [2.45, 2.75) is 37.6 Å². The van der Waals surface area contributed by atoms with Crippen LogP contribution in [0.25, 0.3) is 11.0 Å². The maximum absolute atomic E-state index is 13.3. The molecule has 2 aliphatic heterocycles. The summed E-state index contributed by atoms with van der Waals surface area (Å²) in [5.41, 5.74) is 2.88. The van der Waals surface area contributed by atoms with Crippen LogP contribution in [0.2, 0.25) is 0 Å². The highest BCUT2D eigenvalue weighted by atomic mass is 16.2. The molecule has 0 unspecified atom stereocenters. The smallest absolute Gasteiger partial charge is 0.254 e. The lowest BCUT2D eigenvalue weighted by Crippen LogP contribution is -2.49. The SMILES string of the molecule is O=C([C@H]1CCCN1C(=O)c1ccccc1)N1CCC(c2c[nH]c3ncccc23)CC1. The van der Waals surface area contributed by atoms with Gasteiger partial charge in [0.15, 0.2) is 0 Å². The third-order valence-corrected chi connectivity index (χ3v) is 6.55. The van der Waals surface area contributed by atoms with Gasteiger partial charge in [-0.3, -0.25) is 9.59 Å². The number of hydrogen-bond donors (Lipinski definition) is 1. The standard InChI is InChI=1S/C24H26N4O2/c29-23(18-6-2-1-3-7-18)28-13-5-9-21(28)24(30)27-14-10-17(11-15-27)20-16-26-22-19(20)8-4-12-25-22/h1-4,6-8,12,16-17,21H,5,9-11,13-15H2,(H,25,26)/t21-/m1/s1. The lowest BCUT2D eigenvalue weighted by atomic mass is 9.89. The molecule has 2 aromatic heterocycles. The van der Waals surface area contributed by atoms with Gasteiger partial charge in [0.1, 0.15) is 11.7 Å². The summed E-state index contributed by atoms with van der Waals surface area (Å²) in [6.45, 7) is 2.13. The first-order valence-corrected chi connectivity index (χ1v) is 10.8. The van der Waals surface area contributed by atoms with E-state index in [0.717, 1.165) is 44.4 Å². The topological polar surface area (TPSA) is 69.3 Å². The van der Waals surface area contributed by atoms with Gasteiger partial charge in [-0.05, 0) is 61.4 Å². The lowest BCUT2D eigenvalue weighted by Gasteiger charge is -2.35. The predicted molar refractivity (Wildman–Crippen MR) is 115 cm³/mol. The van der Waals surface area contributed by atoms with Crippen LogP contribution in [0.4, 0.5) is 0 Å². The molecule has 154 valence electrons. The summed E-state index contributed by atoms with van der Waals surface area (Å²) in [5.74, 6) is 0.501. The van der Waals surface area contributed by atoms with Crippen LogP contribution in [0, 0.1) is 0 Å². The van der Waals surface area contributed by atoms with Gasteiger partial charge in [-0.1, -0.05) is 18.2 Å². The van der Waals surface area contributed by atoms with Gasteiger partial charge < -0.3 is 14.8 Å². The highest BCUT2D eigenvalue weighted by molar-refractivity contribution is 5.98. The Morgan fingerprint density at radius 2 is 1.77 bits per heavy atom. The van der Waals surface area contributed by atoms with E-state index in [1.807, 2.05) is 41.3 Å². The van der Waals surface area contributed by atoms with Crippen LogP contribution in [-0.2, 0) is 4.79 Å². The van der Waals surface area contributed by atoms with Gasteiger partial charge >= 0.3 is 0 Å². The molecule has 6 nitrogen and oxygen atoms in total. The fraction of sp³-hybridized carbons (Fsp3) is 0.375. The number of amides is 2. The number of aromatic nitrogens is 2. The van der Waals surface area contributed by atoms with E-state index in [1.54, 1.807) is 11.1 Å². The molecule has 4 heterocycles. The van der Waals surface area contributed by atoms with Crippen LogP contribution in [0.1, 0.15) is 47.5 Å². The molecular weight excluding hydrogens is 376 g/mol. The van der Waals surface area contributed by atoms with E-state index in [-0.39, 0.29) is 17.9 Å². The molecule has 0 spiro atoms. The van der Waals surface area contributed by atoms with E-state index in [0.29, 0.717) is 18.0 Å². The molecule has 0 saturated carbocycles. The Bertz CT molecular complexity index is 1050. The number of H-pyrrole nitrogens is 1. The van der Waals surface area contributed by atoms with Crippen molar-refractivity contribution in [2.75, 3.05) is 19.6 Å². The average Bonchev–Trinajstić information content (AvgIpc) is 3.46. The van der Waals surface area contributed by atoms with Crippen LogP contribution in [0.5, 0.6) is 0 Å². The van der Waals surface area contributed by atoms with Crippen LogP contribution in [-0.4, -0.2) is 57.3 Å². The fourth-order valence-corrected chi connectivity index (χ4v) is 4.95. The van der Waals surface area contributed by atoms with E-state index in [2.05, 4.69) is 22.2 Å². The Morgan fingerprint density at radius 3 is 2.57 bits per heavy atom. The summed E-state index contributed by atoms with van der Waals surface area (Å²) >= 11 is 0. The van der Waals surface area contributed by atoms with E-state index < -0.39 is 0 Å². The normalized spacial score (nSPS) is 20.1. The number of pyridine rings is 1. The summed E-state index contributed by atoms with van der Waals surface area (Å²) in [4.78, 5) is 37.6. The number of nitrogens with one attached hydrogen (secondary N) is 1. The minimum atomic E-state index is -0.327. The monoisotopic (exact) mass is 402 g/mol. The van der Waals surface area contributed by atoms with Gasteiger partial charge in [0.25, 0.3) is 5.91 Å². The van der Waals surface area contributed by atoms with E-state index in [9.17, 15) is 9.59 Å². The van der Waals surface area contributed by atoms with Gasteiger partial charge in [-0.2, -0.15) is 0 Å². The van der Waals surface area contributed by atoms with Crippen LogP contribution < -0.4 is 0 Å². The molecule has 5 rings (SSSR count). The first kappa shape index (κ1) is 18.9. The number of hydrogen-bond acceptors (Lipinski definition) is 3. The minimum Gasteiger partial charge on any atom is -0.346 e. The van der Waals surface area contributed by atoms with Crippen molar-refractivity contribution in [2.24, 2.45) is 0 Å². The second kappa shape index (κ2) is 7.94. The van der Waals surface area contributed by atoms with Crippen LogP contribution in [0.15, 0.2) is 54.9 Å². The summed E-state index contributed by atoms with van der Waals surface area (Å²) in [6, 6.07) is 13.0. The minimum absolute atomic E-state index is 0.0346. The first-order valence-electron chi connectivity index (χ1n) is 10.8. The quantitative estimate of drug-likeness (QED) is 0.728. The zero-order chi connectivity index (χ0) is 20.5. The number of nitrogens with zero attached hydrogens (tertiary/aromatic N) is 3. The largest absolute Gasteiger partial charge is 0.346 e. The van der Waals surface area contributed by atoms with Gasteiger partial charge in [-0.15, -0.1) is 0 Å². The van der Waals surface area contributed by atoms with Crippen molar-refractivity contribution >= 4 is 22.8 Å². The van der Waals surface area contributed by atoms with Crippen molar-refractivity contribution in [3.05, 3.63) is 66.0 Å². The van der Waals surface area contributed by atoms with Crippen molar-refractivity contribution in [1.29, 1.82) is 0 Å². The maximum Gasteiger partial charge on any atom is 0.254 e. The van der Waals surface area contributed by atoms with Gasteiger partial charge in [0.2, 0.25) is 5.91 Å². The summed E-state index contributed by atoms with van der Waals surface area (Å²) in [7, 11) is 0. The number of fused-ring (bicyclic) bond motifs is 1. The maximum atomic E-state index is 13.3. The molecule has 0 bridgehead atoms. The van der Waals surface area contributed by atoms with Gasteiger partial charge in [-0.25, -0.2) is 4.98 Å². The van der Waals surface area contributed by atoms with Crippen LogP contribution >= 0.6 is 0 Å². The molecule has 2 saturated heterocycles. The first-order chi connectivity index (χ1) is 14.7. The van der Waals surface area contributed by atoms with Crippen molar-refractivity contribution in [1.82, 2.24) is 19.8 Å². The summed E-state index contributed by atoms with van der Waals surface area (Å²) in [6.07, 6.45) is 7.38. The Kier molecular flexibility index (Phi) is 4.99. The molecule has 2 fully saturated rings. The second-order valence-corrected chi connectivity index (χ2v) is 8.27. The summed E-state index contributed by atoms with van der Waals surface area (Å²) < 4.78 is 0. The number of piperidine rings is 1. The Labute approximate surface area is 175 Å². The lowest BCUT2D eigenvalue weighted by molar-refractivity contribution is -0.136. The number of likely N-dealkylation sites (tertiary alicyclic amines) is 2. The Balaban J connectivity index is 1.26. The Morgan fingerprint density at radius 1 is 0.967 bits per heavy atom. The average molecular weight is 402 g/mol. The molecule has 3 aromatic rings. The number of rotatable bonds is 3. The molecule has 30 heavy (non-hydrogen) atoms. The fourth-order valence-electron chi connectivity index (χ4n) is 4.95. The van der Waals surface area contributed by atoms with E-state index in [4.69, 9.17) is 0 Å². The van der Waals surface area contributed by atoms with Crippen molar-refractivity contribution < 1.29 is 9.59 Å². The Hall–Kier alpha value is -3.15. The zero-order valence-corrected chi connectivity index (χ0v) is 17.0. The molecule has 1 aromatic carbocycles. The highest BCUT2D eigenvalue weighted by Crippen LogP contribution is 2.33. The third-order valence-electron chi connectivity index (χ3n) is 6.55. The molecule has 0 aliphatic carbocycles. The summed E-state index contributed by atoms with van der Waals surface area (Å²) in [5, 5.41) is 1.18. The van der Waals surface area contributed by atoms with E-state index in [1.165, 1.54) is 10.9 Å². The van der Waals surface area contributed by atoms with Crippen molar-refractivity contribution in [3.8, 4) is 0 Å². The van der Waals surface area contributed by atoms with Crippen molar-refractivity contribution in [3.63, 3.8) is 0 Å².